The zero-order valence-electron chi connectivity index (χ0n) is 9.75. The number of nitrogens with zero attached hydrogens (tertiary/aromatic N) is 1. The SMILES string of the molecule is C=CN/N=C\C=C(\C=C)C(C)C.CC. The second-order valence-electron chi connectivity index (χ2n) is 2.64. The topological polar surface area (TPSA) is 24.4 Å². The van der Waals surface area contributed by atoms with E-state index in [-0.39, 0.29) is 0 Å². The van der Waals surface area contributed by atoms with Crippen molar-refractivity contribution in [2.45, 2.75) is 27.7 Å². The van der Waals surface area contributed by atoms with E-state index in [9.17, 15) is 0 Å². The highest BCUT2D eigenvalue weighted by atomic mass is 15.3. The van der Waals surface area contributed by atoms with Gasteiger partial charge in [0.25, 0.3) is 0 Å². The van der Waals surface area contributed by atoms with Crippen LogP contribution >= 0.6 is 0 Å². The van der Waals surface area contributed by atoms with Gasteiger partial charge in [0, 0.05) is 12.4 Å². The summed E-state index contributed by atoms with van der Waals surface area (Å²) in [4.78, 5) is 0. The molecule has 0 rings (SSSR count). The van der Waals surface area contributed by atoms with Gasteiger partial charge >= 0.3 is 0 Å². The van der Waals surface area contributed by atoms with E-state index in [2.05, 4.69) is 37.5 Å². The first-order valence-electron chi connectivity index (χ1n) is 4.94. The minimum atomic E-state index is 0.484. The van der Waals surface area contributed by atoms with Crippen molar-refractivity contribution in [1.82, 2.24) is 5.43 Å². The Morgan fingerprint density at radius 2 is 1.86 bits per heavy atom. The van der Waals surface area contributed by atoms with Gasteiger partial charge in [-0.1, -0.05) is 46.9 Å². The molecule has 0 aromatic heterocycles. The Hall–Kier alpha value is -1.31. The Morgan fingerprint density at radius 1 is 1.29 bits per heavy atom. The molecule has 0 saturated carbocycles. The van der Waals surface area contributed by atoms with Gasteiger partial charge in [0.2, 0.25) is 0 Å². The molecular formula is C12H22N2. The van der Waals surface area contributed by atoms with Crippen LogP contribution in [0.25, 0.3) is 0 Å². The molecule has 0 aromatic rings. The summed E-state index contributed by atoms with van der Waals surface area (Å²) in [5.41, 5.74) is 3.79. The largest absolute Gasteiger partial charge is 0.286 e. The van der Waals surface area contributed by atoms with Crippen molar-refractivity contribution in [3.05, 3.63) is 37.1 Å². The van der Waals surface area contributed by atoms with Crippen molar-refractivity contribution in [2.24, 2.45) is 11.0 Å². The zero-order chi connectivity index (χ0) is 11.4. The monoisotopic (exact) mass is 194 g/mol. The van der Waals surface area contributed by atoms with E-state index < -0.39 is 0 Å². The maximum absolute atomic E-state index is 3.84. The van der Waals surface area contributed by atoms with Crippen LogP contribution in [0.1, 0.15) is 27.7 Å². The molecule has 0 spiro atoms. The fourth-order valence-electron chi connectivity index (χ4n) is 0.715. The molecule has 0 bridgehead atoms. The van der Waals surface area contributed by atoms with Crippen LogP contribution in [-0.4, -0.2) is 6.21 Å². The van der Waals surface area contributed by atoms with Gasteiger partial charge in [-0.15, -0.1) is 0 Å². The summed E-state index contributed by atoms with van der Waals surface area (Å²) in [6.45, 7) is 15.4. The first kappa shape index (κ1) is 15.2. The van der Waals surface area contributed by atoms with Crippen LogP contribution in [0.15, 0.2) is 42.2 Å². The normalized spacial score (nSPS) is 10.8. The van der Waals surface area contributed by atoms with Crippen LogP contribution < -0.4 is 5.43 Å². The van der Waals surface area contributed by atoms with Crippen LogP contribution in [0.2, 0.25) is 0 Å². The Labute approximate surface area is 88.1 Å². The second-order valence-corrected chi connectivity index (χ2v) is 2.64. The molecule has 0 radical (unpaired) electrons. The molecule has 0 amide bonds. The molecule has 80 valence electrons. The Balaban J connectivity index is 0. The average molecular weight is 194 g/mol. The summed E-state index contributed by atoms with van der Waals surface area (Å²) in [5, 5.41) is 3.84. The predicted octanol–water partition coefficient (Wildman–Crippen LogP) is 3.50. The lowest BCUT2D eigenvalue weighted by molar-refractivity contribution is 0.793. The minimum Gasteiger partial charge on any atom is -0.286 e. The van der Waals surface area contributed by atoms with E-state index in [1.165, 1.54) is 11.8 Å². The van der Waals surface area contributed by atoms with E-state index in [4.69, 9.17) is 0 Å². The van der Waals surface area contributed by atoms with Crippen molar-refractivity contribution in [1.29, 1.82) is 0 Å². The summed E-state index contributed by atoms with van der Waals surface area (Å²) in [7, 11) is 0. The highest BCUT2D eigenvalue weighted by Gasteiger charge is 1.94. The molecule has 2 nitrogen and oxygen atoms in total. The molecule has 14 heavy (non-hydrogen) atoms. The van der Waals surface area contributed by atoms with Crippen molar-refractivity contribution in [2.75, 3.05) is 0 Å². The standard InChI is InChI=1S/C10H16N2.C2H6/c1-5-10(9(3)4)7-8-12-11-6-2;1-2/h5-9,11H,1-2H2,3-4H3;1-2H3/b10-7-,12-8-;. The van der Waals surface area contributed by atoms with Gasteiger partial charge in [-0.3, -0.25) is 5.43 Å². The number of hydrazone groups is 1. The Morgan fingerprint density at radius 3 is 2.21 bits per heavy atom. The molecule has 1 N–H and O–H groups in total. The smallest absolute Gasteiger partial charge is 0.0474 e. The lowest BCUT2D eigenvalue weighted by Crippen LogP contribution is -1.93. The van der Waals surface area contributed by atoms with Crippen LogP contribution in [0.3, 0.4) is 0 Å². The Bertz CT molecular complexity index is 200. The van der Waals surface area contributed by atoms with Gasteiger partial charge in [-0.05, 0) is 17.6 Å². The fourth-order valence-corrected chi connectivity index (χ4v) is 0.715. The molecule has 0 aromatic carbocycles. The first-order valence-corrected chi connectivity index (χ1v) is 4.94. The zero-order valence-corrected chi connectivity index (χ0v) is 9.75. The van der Waals surface area contributed by atoms with Crippen molar-refractivity contribution >= 4 is 6.21 Å². The van der Waals surface area contributed by atoms with Gasteiger partial charge in [0.1, 0.15) is 0 Å². The van der Waals surface area contributed by atoms with Gasteiger partial charge in [0.05, 0.1) is 0 Å². The fraction of sp³-hybridized carbons (Fsp3) is 0.417. The second kappa shape index (κ2) is 11.7. The third-order valence-corrected chi connectivity index (χ3v) is 1.41. The molecule has 0 aliphatic rings. The van der Waals surface area contributed by atoms with Gasteiger partial charge in [-0.2, -0.15) is 5.10 Å². The number of hydrogen-bond donors (Lipinski definition) is 1. The number of allylic oxidation sites excluding steroid dienone is 3. The quantitative estimate of drug-likeness (QED) is 0.404. The van der Waals surface area contributed by atoms with Crippen LogP contribution in [-0.2, 0) is 0 Å². The first-order chi connectivity index (χ1) is 6.72. The predicted molar refractivity (Wildman–Crippen MR) is 66.3 cm³/mol. The summed E-state index contributed by atoms with van der Waals surface area (Å²) in [5.74, 6) is 0.484. The highest BCUT2D eigenvalue weighted by Crippen LogP contribution is 2.08. The highest BCUT2D eigenvalue weighted by molar-refractivity contribution is 5.72. The van der Waals surface area contributed by atoms with Crippen LogP contribution in [0.5, 0.6) is 0 Å². The third kappa shape index (κ3) is 8.78. The summed E-state index contributed by atoms with van der Waals surface area (Å²) < 4.78 is 0. The minimum absolute atomic E-state index is 0.484. The molecule has 2 heteroatoms. The number of nitrogens with one attached hydrogen (secondary N) is 1. The Kier molecular flexibility index (Phi) is 12.7. The van der Waals surface area contributed by atoms with Gasteiger partial charge < -0.3 is 0 Å². The van der Waals surface area contributed by atoms with Crippen LogP contribution in [0.4, 0.5) is 0 Å². The molecule has 0 unspecified atom stereocenters. The maximum atomic E-state index is 3.84. The van der Waals surface area contributed by atoms with E-state index in [0.717, 1.165) is 0 Å². The molecule has 0 atom stereocenters. The lowest BCUT2D eigenvalue weighted by atomic mass is 10.0. The van der Waals surface area contributed by atoms with Crippen molar-refractivity contribution < 1.29 is 0 Å². The number of hydrogen-bond acceptors (Lipinski definition) is 2. The maximum Gasteiger partial charge on any atom is 0.0474 e. The van der Waals surface area contributed by atoms with Crippen LogP contribution in [0, 0.1) is 5.92 Å². The summed E-state index contributed by atoms with van der Waals surface area (Å²) >= 11 is 0. The van der Waals surface area contributed by atoms with Crippen molar-refractivity contribution in [3.8, 4) is 0 Å². The third-order valence-electron chi connectivity index (χ3n) is 1.41. The van der Waals surface area contributed by atoms with E-state index in [1.807, 2.05) is 26.0 Å². The molecular weight excluding hydrogens is 172 g/mol. The number of rotatable bonds is 5. The molecule has 0 saturated heterocycles. The molecule has 0 aliphatic heterocycles. The average Bonchev–Trinajstić information content (AvgIpc) is 2.20. The van der Waals surface area contributed by atoms with E-state index in [1.54, 1.807) is 6.21 Å². The van der Waals surface area contributed by atoms with Crippen molar-refractivity contribution in [3.63, 3.8) is 0 Å². The summed E-state index contributed by atoms with van der Waals surface area (Å²) in [6, 6.07) is 0. The van der Waals surface area contributed by atoms with E-state index >= 15 is 0 Å². The van der Waals surface area contributed by atoms with Gasteiger partial charge in [-0.25, -0.2) is 0 Å². The summed E-state index contributed by atoms with van der Waals surface area (Å²) in [6.07, 6.45) is 6.98. The van der Waals surface area contributed by atoms with E-state index in [0.29, 0.717) is 5.92 Å². The molecule has 0 fully saturated rings. The van der Waals surface area contributed by atoms with Gasteiger partial charge in [0.15, 0.2) is 0 Å². The molecule has 0 heterocycles. The lowest BCUT2D eigenvalue weighted by Gasteiger charge is -2.02. The molecule has 0 aliphatic carbocycles.